The Hall–Kier alpha value is -0.340. The molecule has 1 nitrogen and oxygen atoms in total. The fourth-order valence-corrected chi connectivity index (χ4v) is 1.50. The van der Waals surface area contributed by atoms with Gasteiger partial charge in [0, 0.05) is 4.90 Å². The summed E-state index contributed by atoms with van der Waals surface area (Å²) in [5, 5.41) is 9.68. The Labute approximate surface area is 69.0 Å². The Morgan fingerprint density at radius 3 is 2.70 bits per heavy atom. The van der Waals surface area contributed by atoms with Crippen LogP contribution in [0.2, 0.25) is 5.02 Å². The molecular formula is C7H7ClOS. The van der Waals surface area contributed by atoms with Gasteiger partial charge in [0.1, 0.15) is 5.75 Å². The summed E-state index contributed by atoms with van der Waals surface area (Å²) in [7, 11) is 0. The number of phenols is 1. The Balaban J connectivity index is 3.09. The van der Waals surface area contributed by atoms with Crippen LogP contribution < -0.4 is 0 Å². The first-order chi connectivity index (χ1) is 4.74. The summed E-state index contributed by atoms with van der Waals surface area (Å²) < 4.78 is 0. The van der Waals surface area contributed by atoms with E-state index >= 15 is 0 Å². The first-order valence-corrected chi connectivity index (χ1v) is 4.37. The topological polar surface area (TPSA) is 20.2 Å². The summed E-state index contributed by atoms with van der Waals surface area (Å²) in [5.74, 6) is 0.258. The summed E-state index contributed by atoms with van der Waals surface area (Å²) in [5.41, 5.74) is 0. The van der Waals surface area contributed by atoms with Crippen LogP contribution in [0.3, 0.4) is 0 Å². The Morgan fingerprint density at radius 1 is 1.50 bits per heavy atom. The molecule has 3 heteroatoms. The van der Waals surface area contributed by atoms with Crippen LogP contribution in [0, 0.1) is 0 Å². The second kappa shape index (κ2) is 3.17. The van der Waals surface area contributed by atoms with Gasteiger partial charge in [-0.25, -0.2) is 0 Å². The minimum absolute atomic E-state index is 0.258. The molecule has 0 saturated heterocycles. The van der Waals surface area contributed by atoms with Crippen LogP contribution in [0.1, 0.15) is 0 Å². The third-order valence-corrected chi connectivity index (χ3v) is 2.35. The molecule has 1 aromatic carbocycles. The van der Waals surface area contributed by atoms with Gasteiger partial charge in [0.05, 0.1) is 5.02 Å². The molecule has 0 amide bonds. The molecule has 0 aliphatic heterocycles. The zero-order valence-electron chi connectivity index (χ0n) is 5.47. The largest absolute Gasteiger partial charge is 0.508 e. The van der Waals surface area contributed by atoms with E-state index in [1.165, 1.54) is 11.8 Å². The van der Waals surface area contributed by atoms with Gasteiger partial charge < -0.3 is 5.11 Å². The second-order valence-electron chi connectivity index (χ2n) is 1.82. The van der Waals surface area contributed by atoms with Gasteiger partial charge in [0.25, 0.3) is 0 Å². The van der Waals surface area contributed by atoms with E-state index in [4.69, 9.17) is 16.7 Å². The third kappa shape index (κ3) is 1.58. The zero-order chi connectivity index (χ0) is 7.56. The quantitative estimate of drug-likeness (QED) is 0.661. The van der Waals surface area contributed by atoms with Crippen LogP contribution in [0.25, 0.3) is 0 Å². The van der Waals surface area contributed by atoms with E-state index in [0.717, 1.165) is 4.90 Å². The number of halogens is 1. The van der Waals surface area contributed by atoms with E-state index in [1.54, 1.807) is 18.2 Å². The number of phenolic OH excluding ortho intramolecular Hbond substituents is 1. The number of hydrogen-bond acceptors (Lipinski definition) is 2. The summed E-state index contributed by atoms with van der Waals surface area (Å²) in [6, 6.07) is 4.90. The highest BCUT2D eigenvalue weighted by Gasteiger charge is 1.97. The molecule has 10 heavy (non-hydrogen) atoms. The highest BCUT2D eigenvalue weighted by atomic mass is 35.5. The van der Waals surface area contributed by atoms with Crippen LogP contribution in [0.5, 0.6) is 5.75 Å². The smallest absolute Gasteiger partial charge is 0.116 e. The maximum absolute atomic E-state index is 9.00. The zero-order valence-corrected chi connectivity index (χ0v) is 7.04. The standard InChI is InChI=1S/C7H7ClOS/c1-10-7-4-5(9)2-3-6(7)8/h2-4,9H,1H3. The van der Waals surface area contributed by atoms with E-state index in [2.05, 4.69) is 0 Å². The molecular weight excluding hydrogens is 168 g/mol. The molecule has 0 aromatic heterocycles. The molecule has 0 unspecified atom stereocenters. The van der Waals surface area contributed by atoms with E-state index in [1.807, 2.05) is 6.26 Å². The number of hydrogen-bond donors (Lipinski definition) is 1. The van der Waals surface area contributed by atoms with Crippen LogP contribution in [0.4, 0.5) is 0 Å². The van der Waals surface area contributed by atoms with Crippen molar-refractivity contribution in [3.8, 4) is 5.75 Å². The van der Waals surface area contributed by atoms with Crippen LogP contribution in [-0.2, 0) is 0 Å². The van der Waals surface area contributed by atoms with E-state index < -0.39 is 0 Å². The molecule has 0 aliphatic carbocycles. The predicted octanol–water partition coefficient (Wildman–Crippen LogP) is 2.77. The van der Waals surface area contributed by atoms with Crippen LogP contribution in [-0.4, -0.2) is 11.4 Å². The first kappa shape index (κ1) is 7.76. The highest BCUT2D eigenvalue weighted by molar-refractivity contribution is 7.98. The minimum atomic E-state index is 0.258. The number of thioether (sulfide) groups is 1. The molecule has 1 N–H and O–H groups in total. The SMILES string of the molecule is CSc1cc(O)ccc1Cl. The summed E-state index contributed by atoms with van der Waals surface area (Å²) >= 11 is 7.28. The van der Waals surface area contributed by atoms with E-state index in [0.29, 0.717) is 5.02 Å². The lowest BCUT2D eigenvalue weighted by atomic mass is 10.3. The molecule has 54 valence electrons. The summed E-state index contributed by atoms with van der Waals surface area (Å²) in [6.07, 6.45) is 1.92. The molecule has 1 aromatic rings. The van der Waals surface area contributed by atoms with E-state index in [-0.39, 0.29) is 5.75 Å². The van der Waals surface area contributed by atoms with Crippen molar-refractivity contribution in [1.29, 1.82) is 0 Å². The van der Waals surface area contributed by atoms with Gasteiger partial charge >= 0.3 is 0 Å². The fraction of sp³-hybridized carbons (Fsp3) is 0.143. The molecule has 0 spiro atoms. The van der Waals surface area contributed by atoms with E-state index in [9.17, 15) is 0 Å². The average molecular weight is 175 g/mol. The molecule has 0 radical (unpaired) electrons. The molecule has 0 saturated carbocycles. The van der Waals surface area contributed by atoms with Crippen molar-refractivity contribution in [2.75, 3.05) is 6.26 Å². The molecule has 0 bridgehead atoms. The van der Waals surface area contributed by atoms with Crippen LogP contribution >= 0.6 is 23.4 Å². The Kier molecular flexibility index (Phi) is 2.46. The van der Waals surface area contributed by atoms with Crippen molar-refractivity contribution in [2.24, 2.45) is 0 Å². The summed E-state index contributed by atoms with van der Waals surface area (Å²) in [4.78, 5) is 0.904. The fourth-order valence-electron chi connectivity index (χ4n) is 0.648. The lowest BCUT2D eigenvalue weighted by molar-refractivity contribution is 0.474. The maximum Gasteiger partial charge on any atom is 0.116 e. The van der Waals surface area contributed by atoms with Gasteiger partial charge in [0.15, 0.2) is 0 Å². The predicted molar refractivity (Wildman–Crippen MR) is 44.9 cm³/mol. The van der Waals surface area contributed by atoms with Gasteiger partial charge in [-0.2, -0.15) is 0 Å². The lowest BCUT2D eigenvalue weighted by Crippen LogP contribution is -1.71. The Morgan fingerprint density at radius 2 is 2.20 bits per heavy atom. The molecule has 0 aliphatic rings. The normalized spacial score (nSPS) is 9.80. The van der Waals surface area contributed by atoms with Gasteiger partial charge in [-0.1, -0.05) is 11.6 Å². The molecule has 0 atom stereocenters. The molecule has 0 heterocycles. The van der Waals surface area contributed by atoms with Crippen LogP contribution in [0.15, 0.2) is 23.1 Å². The third-order valence-electron chi connectivity index (χ3n) is 1.13. The van der Waals surface area contributed by atoms with Gasteiger partial charge in [-0.15, -0.1) is 11.8 Å². The molecule has 0 fully saturated rings. The van der Waals surface area contributed by atoms with Crippen molar-refractivity contribution in [3.05, 3.63) is 23.2 Å². The molecule has 1 rings (SSSR count). The van der Waals surface area contributed by atoms with Gasteiger partial charge in [0.2, 0.25) is 0 Å². The number of aromatic hydroxyl groups is 1. The Bertz CT molecular complexity index is 237. The summed E-state index contributed by atoms with van der Waals surface area (Å²) in [6.45, 7) is 0. The van der Waals surface area contributed by atoms with Crippen molar-refractivity contribution in [2.45, 2.75) is 4.90 Å². The monoisotopic (exact) mass is 174 g/mol. The van der Waals surface area contributed by atoms with Crippen molar-refractivity contribution < 1.29 is 5.11 Å². The lowest BCUT2D eigenvalue weighted by Gasteiger charge is -1.98. The van der Waals surface area contributed by atoms with Gasteiger partial charge in [-0.05, 0) is 24.5 Å². The first-order valence-electron chi connectivity index (χ1n) is 2.76. The van der Waals surface area contributed by atoms with Crippen molar-refractivity contribution >= 4 is 23.4 Å². The number of benzene rings is 1. The average Bonchev–Trinajstić information content (AvgIpc) is 1.94. The van der Waals surface area contributed by atoms with Crippen molar-refractivity contribution in [1.82, 2.24) is 0 Å². The van der Waals surface area contributed by atoms with Crippen molar-refractivity contribution in [3.63, 3.8) is 0 Å². The maximum atomic E-state index is 9.00. The second-order valence-corrected chi connectivity index (χ2v) is 3.07. The van der Waals surface area contributed by atoms with Gasteiger partial charge in [-0.3, -0.25) is 0 Å². The highest BCUT2D eigenvalue weighted by Crippen LogP contribution is 2.28. The minimum Gasteiger partial charge on any atom is -0.508 e. The number of rotatable bonds is 1.